The van der Waals surface area contributed by atoms with Gasteiger partial charge < -0.3 is 14.3 Å². The van der Waals surface area contributed by atoms with Crippen molar-refractivity contribution in [1.82, 2.24) is 0 Å². The van der Waals surface area contributed by atoms with Gasteiger partial charge >= 0.3 is 0 Å². The van der Waals surface area contributed by atoms with Crippen molar-refractivity contribution in [2.24, 2.45) is 23.2 Å². The minimum atomic E-state index is -2.49. The molecule has 0 amide bonds. The lowest BCUT2D eigenvalue weighted by molar-refractivity contribution is -0.0617. The molecule has 218 valence electrons. The third kappa shape index (κ3) is 4.50. The van der Waals surface area contributed by atoms with E-state index in [4.69, 9.17) is 16.3 Å². The molecule has 3 nitrogen and oxygen atoms in total. The van der Waals surface area contributed by atoms with Crippen LogP contribution in [0.2, 0.25) is 0 Å². The van der Waals surface area contributed by atoms with Crippen molar-refractivity contribution in [2.75, 3.05) is 30.5 Å². The lowest BCUT2D eigenvalue weighted by atomic mass is 9.49. The molecular formula is C36H47N2OPS. The van der Waals surface area contributed by atoms with Crippen molar-refractivity contribution < 1.29 is 4.52 Å². The molecule has 0 atom stereocenters. The molecule has 2 aliphatic heterocycles. The fraction of sp³-hybridized carbons (Fsp3) is 0.556. The molecule has 4 saturated carbocycles. The average Bonchev–Trinajstić information content (AvgIpc) is 3.22. The summed E-state index contributed by atoms with van der Waals surface area (Å²) in [7, 11) is 4.40. The predicted octanol–water partition coefficient (Wildman–Crippen LogP) is 9.54. The second kappa shape index (κ2) is 9.57. The highest BCUT2D eigenvalue weighted by Gasteiger charge is 2.50. The van der Waals surface area contributed by atoms with Gasteiger partial charge in [-0.25, -0.2) is 0 Å². The van der Waals surface area contributed by atoms with Crippen molar-refractivity contribution in [3.63, 3.8) is 0 Å². The second-order valence-electron chi connectivity index (χ2n) is 15.1. The van der Waals surface area contributed by atoms with Crippen molar-refractivity contribution in [1.29, 1.82) is 0 Å². The number of fused-ring (bicyclic) bond motifs is 2. The first-order chi connectivity index (χ1) is 19.4. The van der Waals surface area contributed by atoms with Gasteiger partial charge in [-0.1, -0.05) is 75.9 Å². The predicted molar refractivity (Wildman–Crippen MR) is 177 cm³/mol. The number of rotatable bonds is 6. The molecule has 0 N–H and O–H groups in total. The van der Waals surface area contributed by atoms with E-state index in [1.165, 1.54) is 78.8 Å². The van der Waals surface area contributed by atoms with Crippen LogP contribution < -0.4 is 9.80 Å². The number of hydrogen-bond acceptors (Lipinski definition) is 4. The molecule has 0 spiro atoms. The van der Waals surface area contributed by atoms with Crippen LogP contribution in [0.15, 0.2) is 71.6 Å². The zero-order valence-electron chi connectivity index (χ0n) is 25.8. The van der Waals surface area contributed by atoms with Crippen LogP contribution in [0.5, 0.6) is 0 Å². The van der Waals surface area contributed by atoms with E-state index in [9.17, 15) is 0 Å². The summed E-state index contributed by atoms with van der Waals surface area (Å²) in [5.74, 6) is 7.65. The van der Waals surface area contributed by atoms with Gasteiger partial charge in [0.2, 0.25) is 0 Å². The van der Waals surface area contributed by atoms with Crippen LogP contribution in [0.4, 0.5) is 11.4 Å². The molecular weight excluding hydrogens is 539 g/mol. The van der Waals surface area contributed by atoms with Crippen LogP contribution in [-0.2, 0) is 27.2 Å². The normalized spacial score (nSPS) is 33.9. The summed E-state index contributed by atoms with van der Waals surface area (Å²) in [5, 5.41) is 0. The topological polar surface area (TPSA) is 15.7 Å². The van der Waals surface area contributed by atoms with Crippen LogP contribution in [0.3, 0.4) is 0 Å². The first-order valence-corrected chi connectivity index (χ1v) is 18.6. The summed E-state index contributed by atoms with van der Waals surface area (Å²) in [5.41, 5.74) is 8.05. The molecule has 0 unspecified atom stereocenters. The second-order valence-corrected chi connectivity index (χ2v) is 18.9. The number of nitrogens with zero attached hydrogens (tertiary/aromatic N) is 2. The molecule has 2 aromatic rings. The molecule has 0 radical (unpaired) electrons. The maximum atomic E-state index is 7.09. The van der Waals surface area contributed by atoms with Gasteiger partial charge in [0.1, 0.15) is 6.26 Å². The molecule has 2 heterocycles. The minimum absolute atomic E-state index is 0.128. The lowest BCUT2D eigenvalue weighted by Crippen LogP contribution is -2.46. The fourth-order valence-corrected chi connectivity index (χ4v) is 13.0. The highest BCUT2D eigenvalue weighted by Crippen LogP contribution is 2.63. The number of likely N-dealkylation sites (N-methyl/N-ethyl adjacent to an activating group) is 2. The van der Waals surface area contributed by atoms with Crippen molar-refractivity contribution in [2.45, 2.75) is 83.5 Å². The van der Waals surface area contributed by atoms with Crippen molar-refractivity contribution in [3.8, 4) is 0 Å². The Bertz CT molecular complexity index is 1370. The first-order valence-electron chi connectivity index (χ1n) is 15.8. The number of benzene rings is 2. The monoisotopic (exact) mass is 586 g/mol. The Balaban J connectivity index is 1.25. The van der Waals surface area contributed by atoms with Crippen LogP contribution in [-0.4, -0.2) is 20.7 Å². The van der Waals surface area contributed by atoms with E-state index in [1.807, 2.05) is 0 Å². The highest BCUT2D eigenvalue weighted by atomic mass is 32.4. The van der Waals surface area contributed by atoms with Crippen LogP contribution in [0.1, 0.15) is 83.8 Å². The van der Waals surface area contributed by atoms with E-state index < -0.39 is 6.26 Å². The van der Waals surface area contributed by atoms with Crippen LogP contribution >= 0.6 is 6.26 Å². The Morgan fingerprint density at radius 3 is 1.59 bits per heavy atom. The van der Waals surface area contributed by atoms with Gasteiger partial charge in [0, 0.05) is 47.7 Å². The van der Waals surface area contributed by atoms with Gasteiger partial charge in [-0.15, -0.1) is 0 Å². The molecule has 2 aromatic carbocycles. The van der Waals surface area contributed by atoms with E-state index in [0.29, 0.717) is 5.41 Å². The van der Waals surface area contributed by atoms with E-state index in [2.05, 4.69) is 112 Å². The highest BCUT2D eigenvalue weighted by molar-refractivity contribution is 8.15. The van der Waals surface area contributed by atoms with E-state index in [1.54, 1.807) is 0 Å². The van der Waals surface area contributed by atoms with Crippen molar-refractivity contribution >= 4 is 29.4 Å². The molecule has 4 fully saturated rings. The lowest BCUT2D eigenvalue weighted by Gasteiger charge is -2.57. The third-order valence-electron chi connectivity index (χ3n) is 11.6. The number of allylic oxidation sites excluding steroid dienone is 2. The summed E-state index contributed by atoms with van der Waals surface area (Å²) in [4.78, 5) is 4.71. The summed E-state index contributed by atoms with van der Waals surface area (Å²) in [6, 6.07) is 17.6. The maximum Gasteiger partial charge on any atom is 0.113 e. The Kier molecular flexibility index (Phi) is 6.52. The largest absolute Gasteiger partial charge is 0.347 e. The average molecular weight is 587 g/mol. The van der Waals surface area contributed by atoms with E-state index in [-0.39, 0.29) is 10.8 Å². The molecule has 41 heavy (non-hydrogen) atoms. The summed E-state index contributed by atoms with van der Waals surface area (Å²) >= 11 is 6.70. The van der Waals surface area contributed by atoms with Crippen LogP contribution in [0, 0.1) is 23.2 Å². The maximum absolute atomic E-state index is 7.09. The molecule has 8 rings (SSSR count). The smallest absolute Gasteiger partial charge is 0.113 e. The Hall–Kier alpha value is -1.87. The van der Waals surface area contributed by atoms with Gasteiger partial charge in [0.25, 0.3) is 0 Å². The van der Waals surface area contributed by atoms with Crippen molar-refractivity contribution in [3.05, 3.63) is 82.7 Å². The Morgan fingerprint density at radius 2 is 1.17 bits per heavy atom. The van der Waals surface area contributed by atoms with Gasteiger partial charge in [-0.2, -0.15) is 0 Å². The molecule has 4 bridgehead atoms. The third-order valence-corrected chi connectivity index (χ3v) is 14.3. The summed E-state index contributed by atoms with van der Waals surface area (Å²) < 4.78 is 7.09. The van der Waals surface area contributed by atoms with Crippen LogP contribution in [0.25, 0.3) is 0 Å². The standard InChI is InChI=1S/C36H47N2OPS/c1-34(2)28-11-7-9-13-30(28)37(5)32(34)23-40(41,24-33-35(3,4)29-12-8-10-14-31(29)38(33)6)39-16-15-36-20-25-17-26(21-36)19-27(18-25)22-36/h7-14,23-27H,15-22H2,1-6H3. The van der Waals surface area contributed by atoms with E-state index >= 15 is 0 Å². The van der Waals surface area contributed by atoms with Gasteiger partial charge in [0.15, 0.2) is 0 Å². The van der Waals surface area contributed by atoms with E-state index in [0.717, 1.165) is 24.4 Å². The zero-order chi connectivity index (χ0) is 28.8. The van der Waals surface area contributed by atoms with Gasteiger partial charge in [-0.3, -0.25) is 0 Å². The first kappa shape index (κ1) is 27.9. The molecule has 4 aliphatic carbocycles. The summed E-state index contributed by atoms with van der Waals surface area (Å²) in [6.07, 6.45) is 7.39. The molecule has 0 aromatic heterocycles. The Labute approximate surface area is 253 Å². The zero-order valence-corrected chi connectivity index (χ0v) is 27.5. The van der Waals surface area contributed by atoms with Gasteiger partial charge in [0.05, 0.1) is 6.61 Å². The molecule has 5 heteroatoms. The SMILES string of the molecule is CN1C(=CP(=S)(C=C2N(C)c3ccccc3C2(C)C)OCCC23CC4CC(CC(C4)C2)C3)C(C)(C)c2ccccc21. The number of anilines is 2. The quantitative estimate of drug-likeness (QED) is 0.313. The van der Waals surface area contributed by atoms with Gasteiger partial charge in [-0.05, 0) is 103 Å². The number of hydrogen-bond donors (Lipinski definition) is 0. The molecule has 6 aliphatic rings. The number of para-hydroxylation sites is 2. The Morgan fingerprint density at radius 1 is 0.756 bits per heavy atom. The molecule has 0 saturated heterocycles. The summed E-state index contributed by atoms with van der Waals surface area (Å²) in [6.45, 7) is 10.1. The minimum Gasteiger partial charge on any atom is -0.347 e. The fourth-order valence-electron chi connectivity index (χ4n) is 9.91.